The molecule has 31 heavy (non-hydrogen) atoms. The van der Waals surface area contributed by atoms with Crippen LogP contribution in [0.15, 0.2) is 48.5 Å². The van der Waals surface area contributed by atoms with Crippen molar-refractivity contribution in [2.24, 2.45) is 0 Å². The Kier molecular flexibility index (Phi) is 6.83. The first-order valence-corrected chi connectivity index (χ1v) is 10.9. The molecule has 160 valence electrons. The molecular formula is C23H22Cl2N4O2. The quantitative estimate of drug-likeness (QED) is 0.579. The molecule has 0 aliphatic carbocycles. The molecule has 0 atom stereocenters. The summed E-state index contributed by atoms with van der Waals surface area (Å²) >= 11 is 12.1. The van der Waals surface area contributed by atoms with Crippen LogP contribution in [-0.2, 0) is 6.61 Å². The summed E-state index contributed by atoms with van der Waals surface area (Å²) in [6.07, 6.45) is 3.22. The van der Waals surface area contributed by atoms with Gasteiger partial charge in [0.25, 0.3) is 5.91 Å². The second-order valence-corrected chi connectivity index (χ2v) is 8.25. The van der Waals surface area contributed by atoms with Gasteiger partial charge >= 0.3 is 0 Å². The first-order valence-electron chi connectivity index (χ1n) is 10.1. The van der Waals surface area contributed by atoms with Crippen LogP contribution in [0.5, 0.6) is 0 Å². The summed E-state index contributed by atoms with van der Waals surface area (Å²) in [6, 6.07) is 14.4. The lowest BCUT2D eigenvalue weighted by molar-refractivity contribution is 0.0741. The number of aliphatic hydroxyl groups is 1. The topological polar surface area (TPSA) is 78.4 Å². The molecule has 0 saturated carbocycles. The zero-order chi connectivity index (χ0) is 21.8. The van der Waals surface area contributed by atoms with E-state index in [1.165, 1.54) is 0 Å². The first kappa shape index (κ1) is 21.7. The van der Waals surface area contributed by atoms with E-state index in [9.17, 15) is 9.90 Å². The van der Waals surface area contributed by atoms with Gasteiger partial charge in [-0.1, -0.05) is 53.9 Å². The molecule has 1 amide bonds. The van der Waals surface area contributed by atoms with Crippen LogP contribution in [0.25, 0.3) is 22.5 Å². The van der Waals surface area contributed by atoms with Crippen molar-refractivity contribution in [3.8, 4) is 22.5 Å². The lowest BCUT2D eigenvalue weighted by Crippen LogP contribution is -2.45. The number of hydrazine groups is 1. The third kappa shape index (κ3) is 5.05. The van der Waals surface area contributed by atoms with Crippen molar-refractivity contribution in [2.75, 3.05) is 13.1 Å². The number of carbonyl (C=O) groups is 1. The van der Waals surface area contributed by atoms with Gasteiger partial charge in [0.05, 0.1) is 23.7 Å². The standard InChI is InChI=1S/C23H22Cl2N4O2/c24-17-8-4-15(5-9-17)20-21(16-6-10-18(25)11-7-16)27-22(19(14-30)26-20)23(31)28-29-12-2-1-3-13-29/h4-11,30H,1-3,12-14H2,(H,28,31). The number of piperidine rings is 1. The van der Waals surface area contributed by atoms with E-state index in [1.54, 1.807) is 24.3 Å². The molecule has 1 aromatic heterocycles. The Balaban J connectivity index is 1.80. The summed E-state index contributed by atoms with van der Waals surface area (Å²) in [5.41, 5.74) is 5.85. The van der Waals surface area contributed by atoms with Gasteiger partial charge in [0.1, 0.15) is 0 Å². The highest BCUT2D eigenvalue weighted by molar-refractivity contribution is 6.31. The molecule has 1 aliphatic heterocycles. The van der Waals surface area contributed by atoms with E-state index in [1.807, 2.05) is 29.3 Å². The van der Waals surface area contributed by atoms with Gasteiger partial charge in [-0.05, 0) is 37.1 Å². The minimum atomic E-state index is -0.406. The maximum Gasteiger partial charge on any atom is 0.286 e. The highest BCUT2D eigenvalue weighted by Gasteiger charge is 2.23. The number of hydrogen-bond acceptors (Lipinski definition) is 5. The first-order chi connectivity index (χ1) is 15.0. The van der Waals surface area contributed by atoms with Gasteiger partial charge in [0.15, 0.2) is 5.69 Å². The second kappa shape index (κ2) is 9.75. The summed E-state index contributed by atoms with van der Waals surface area (Å²) in [4.78, 5) is 22.3. The number of halogens is 2. The minimum absolute atomic E-state index is 0.107. The van der Waals surface area contributed by atoms with Crippen LogP contribution < -0.4 is 5.43 Å². The number of benzene rings is 2. The third-order valence-corrected chi connectivity index (χ3v) is 5.69. The van der Waals surface area contributed by atoms with Crippen LogP contribution in [0, 0.1) is 0 Å². The van der Waals surface area contributed by atoms with Crippen LogP contribution >= 0.6 is 23.2 Å². The van der Waals surface area contributed by atoms with E-state index < -0.39 is 6.61 Å². The van der Waals surface area contributed by atoms with E-state index in [0.29, 0.717) is 21.4 Å². The van der Waals surface area contributed by atoms with Crippen LogP contribution in [0.2, 0.25) is 10.0 Å². The molecular weight excluding hydrogens is 435 g/mol. The number of aliphatic hydroxyl groups excluding tert-OH is 1. The smallest absolute Gasteiger partial charge is 0.286 e. The van der Waals surface area contributed by atoms with Crippen molar-refractivity contribution in [3.05, 3.63) is 70.0 Å². The molecule has 3 aromatic rings. The molecule has 0 bridgehead atoms. The number of aromatic nitrogens is 2. The molecule has 1 saturated heterocycles. The fourth-order valence-electron chi connectivity index (χ4n) is 3.58. The lowest BCUT2D eigenvalue weighted by atomic mass is 10.0. The Morgan fingerprint density at radius 1 is 0.871 bits per heavy atom. The fraction of sp³-hybridized carbons (Fsp3) is 0.261. The molecule has 1 aliphatic rings. The minimum Gasteiger partial charge on any atom is -0.390 e. The number of nitrogens with one attached hydrogen (secondary N) is 1. The summed E-state index contributed by atoms with van der Waals surface area (Å²) in [7, 11) is 0. The average Bonchev–Trinajstić information content (AvgIpc) is 2.80. The zero-order valence-corrected chi connectivity index (χ0v) is 18.3. The molecule has 4 rings (SSSR count). The second-order valence-electron chi connectivity index (χ2n) is 7.38. The number of carbonyl (C=O) groups excluding carboxylic acids is 1. The summed E-state index contributed by atoms with van der Waals surface area (Å²) < 4.78 is 0. The maximum atomic E-state index is 13.0. The molecule has 1 fully saturated rings. The van der Waals surface area contributed by atoms with Crippen molar-refractivity contribution in [1.29, 1.82) is 0 Å². The molecule has 2 aromatic carbocycles. The fourth-order valence-corrected chi connectivity index (χ4v) is 3.83. The van der Waals surface area contributed by atoms with E-state index in [2.05, 4.69) is 15.4 Å². The molecule has 0 radical (unpaired) electrons. The molecule has 0 spiro atoms. The Morgan fingerprint density at radius 2 is 1.39 bits per heavy atom. The van der Waals surface area contributed by atoms with E-state index in [4.69, 9.17) is 23.2 Å². The molecule has 0 unspecified atom stereocenters. The predicted molar refractivity (Wildman–Crippen MR) is 122 cm³/mol. The van der Waals surface area contributed by atoms with Crippen molar-refractivity contribution >= 4 is 29.1 Å². The summed E-state index contributed by atoms with van der Waals surface area (Å²) in [5.74, 6) is -0.378. The zero-order valence-electron chi connectivity index (χ0n) is 16.8. The van der Waals surface area contributed by atoms with Crippen molar-refractivity contribution < 1.29 is 9.90 Å². The van der Waals surface area contributed by atoms with Gasteiger partial charge in [-0.3, -0.25) is 10.2 Å². The monoisotopic (exact) mass is 456 g/mol. The van der Waals surface area contributed by atoms with Gasteiger partial charge in [0.2, 0.25) is 0 Å². The summed E-state index contributed by atoms with van der Waals surface area (Å²) in [5, 5.41) is 13.0. The molecule has 2 heterocycles. The molecule has 2 N–H and O–H groups in total. The van der Waals surface area contributed by atoms with E-state index >= 15 is 0 Å². The van der Waals surface area contributed by atoms with Gasteiger partial charge in [-0.2, -0.15) is 0 Å². The average molecular weight is 457 g/mol. The van der Waals surface area contributed by atoms with Crippen LogP contribution in [-0.4, -0.2) is 39.1 Å². The molecule has 8 heteroatoms. The van der Waals surface area contributed by atoms with Crippen LogP contribution in [0.3, 0.4) is 0 Å². The number of nitrogens with zero attached hydrogens (tertiary/aromatic N) is 3. The van der Waals surface area contributed by atoms with Crippen molar-refractivity contribution in [1.82, 2.24) is 20.4 Å². The summed E-state index contributed by atoms with van der Waals surface area (Å²) in [6.45, 7) is 1.18. The number of amides is 1. The Morgan fingerprint density at radius 3 is 1.90 bits per heavy atom. The highest BCUT2D eigenvalue weighted by Crippen LogP contribution is 2.31. The van der Waals surface area contributed by atoms with Crippen LogP contribution in [0.1, 0.15) is 35.4 Å². The Bertz CT molecular complexity index is 1070. The van der Waals surface area contributed by atoms with E-state index in [0.717, 1.165) is 43.5 Å². The largest absolute Gasteiger partial charge is 0.390 e. The van der Waals surface area contributed by atoms with Crippen LogP contribution in [0.4, 0.5) is 0 Å². The highest BCUT2D eigenvalue weighted by atomic mass is 35.5. The van der Waals surface area contributed by atoms with Gasteiger partial charge < -0.3 is 5.11 Å². The number of rotatable bonds is 5. The van der Waals surface area contributed by atoms with E-state index in [-0.39, 0.29) is 17.3 Å². The number of hydrogen-bond donors (Lipinski definition) is 2. The predicted octanol–water partition coefficient (Wildman–Crippen LogP) is 4.74. The van der Waals surface area contributed by atoms with Gasteiger partial charge in [0, 0.05) is 34.3 Å². The lowest BCUT2D eigenvalue weighted by Gasteiger charge is -2.27. The van der Waals surface area contributed by atoms with Crippen molar-refractivity contribution in [3.63, 3.8) is 0 Å². The molecule has 6 nitrogen and oxygen atoms in total. The maximum absolute atomic E-state index is 13.0. The Labute approximate surface area is 190 Å². The third-order valence-electron chi connectivity index (χ3n) is 5.18. The Hall–Kier alpha value is -2.51. The SMILES string of the molecule is O=C(NN1CCCCC1)c1nc(-c2ccc(Cl)cc2)c(-c2ccc(Cl)cc2)nc1CO. The van der Waals surface area contributed by atoms with Gasteiger partial charge in [-0.15, -0.1) is 0 Å². The normalized spacial score (nSPS) is 14.4. The van der Waals surface area contributed by atoms with Gasteiger partial charge in [-0.25, -0.2) is 15.0 Å². The van der Waals surface area contributed by atoms with Crippen molar-refractivity contribution in [2.45, 2.75) is 25.9 Å².